The smallest absolute Gasteiger partial charge is 0.226 e. The van der Waals surface area contributed by atoms with Gasteiger partial charge in [-0.05, 0) is 44.0 Å². The van der Waals surface area contributed by atoms with Crippen molar-refractivity contribution in [1.29, 1.82) is 0 Å². The molecule has 7 heteroatoms. The van der Waals surface area contributed by atoms with Gasteiger partial charge < -0.3 is 19.2 Å². The monoisotopic (exact) mass is 422 g/mol. The van der Waals surface area contributed by atoms with Crippen LogP contribution in [0.15, 0.2) is 47.1 Å². The second-order valence-corrected chi connectivity index (χ2v) is 8.91. The Balaban J connectivity index is 1.54. The lowest BCUT2D eigenvalue weighted by Gasteiger charge is -2.26. The number of rotatable bonds is 7. The number of hydrogen-bond donors (Lipinski definition) is 1. The summed E-state index contributed by atoms with van der Waals surface area (Å²) in [6.07, 6.45) is 1.81. The van der Waals surface area contributed by atoms with E-state index in [4.69, 9.17) is 9.40 Å². The van der Waals surface area contributed by atoms with Crippen LogP contribution in [0.25, 0.3) is 11.0 Å². The molecule has 0 bridgehead atoms. The van der Waals surface area contributed by atoms with Gasteiger partial charge in [-0.1, -0.05) is 26.0 Å². The lowest BCUT2D eigenvalue weighted by Crippen LogP contribution is -2.38. The molecule has 1 aromatic carbocycles. The van der Waals surface area contributed by atoms with Gasteiger partial charge in [-0.15, -0.1) is 0 Å². The minimum absolute atomic E-state index is 0.0212. The molecule has 7 nitrogen and oxygen atoms in total. The van der Waals surface area contributed by atoms with Crippen LogP contribution in [0.2, 0.25) is 0 Å². The van der Waals surface area contributed by atoms with Gasteiger partial charge in [-0.2, -0.15) is 0 Å². The number of nitrogens with zero attached hydrogens (tertiary/aromatic N) is 3. The van der Waals surface area contributed by atoms with Gasteiger partial charge in [0.15, 0.2) is 0 Å². The van der Waals surface area contributed by atoms with Gasteiger partial charge in [-0.25, -0.2) is 4.98 Å². The first-order valence-corrected chi connectivity index (χ1v) is 10.9. The zero-order valence-electron chi connectivity index (χ0n) is 18.5. The minimum atomic E-state index is -0.374. The molecular formula is C24H30N4O3. The molecule has 2 amide bonds. The van der Waals surface area contributed by atoms with Gasteiger partial charge in [0.2, 0.25) is 11.8 Å². The fourth-order valence-corrected chi connectivity index (χ4v) is 4.32. The maximum Gasteiger partial charge on any atom is 0.226 e. The van der Waals surface area contributed by atoms with Crippen molar-refractivity contribution in [2.24, 2.45) is 11.8 Å². The number of fused-ring (bicyclic) bond motifs is 1. The molecule has 0 saturated carbocycles. The maximum absolute atomic E-state index is 13.2. The highest BCUT2D eigenvalue weighted by molar-refractivity contribution is 5.89. The van der Waals surface area contributed by atoms with Crippen molar-refractivity contribution >= 4 is 22.8 Å². The van der Waals surface area contributed by atoms with Crippen LogP contribution < -0.4 is 5.32 Å². The molecule has 0 aliphatic carbocycles. The number of likely N-dealkylation sites (tertiary alicyclic amines) is 1. The number of para-hydroxylation sites is 2. The van der Waals surface area contributed by atoms with E-state index in [1.807, 2.05) is 24.3 Å². The predicted octanol–water partition coefficient (Wildman–Crippen LogP) is 4.07. The van der Waals surface area contributed by atoms with Crippen molar-refractivity contribution in [1.82, 2.24) is 19.8 Å². The average molecular weight is 423 g/mol. The van der Waals surface area contributed by atoms with E-state index in [0.717, 1.165) is 22.6 Å². The van der Waals surface area contributed by atoms with Crippen LogP contribution in [0.4, 0.5) is 0 Å². The fraction of sp³-hybridized carbons (Fsp3) is 0.458. The quantitative estimate of drug-likeness (QED) is 0.622. The molecule has 31 heavy (non-hydrogen) atoms. The van der Waals surface area contributed by atoms with E-state index in [0.29, 0.717) is 13.1 Å². The Labute approximate surface area is 182 Å². The van der Waals surface area contributed by atoms with Crippen LogP contribution >= 0.6 is 0 Å². The zero-order valence-corrected chi connectivity index (χ0v) is 18.5. The summed E-state index contributed by atoms with van der Waals surface area (Å²) in [7, 11) is 0. The summed E-state index contributed by atoms with van der Waals surface area (Å²) in [4.78, 5) is 32.2. The van der Waals surface area contributed by atoms with Gasteiger partial charge in [0, 0.05) is 19.0 Å². The topological polar surface area (TPSA) is 80.4 Å². The zero-order chi connectivity index (χ0) is 22.1. The third-order valence-corrected chi connectivity index (χ3v) is 5.89. The van der Waals surface area contributed by atoms with Crippen LogP contribution in [-0.4, -0.2) is 32.8 Å². The largest absolute Gasteiger partial charge is 0.467 e. The van der Waals surface area contributed by atoms with E-state index < -0.39 is 0 Å². The summed E-state index contributed by atoms with van der Waals surface area (Å²) < 4.78 is 7.55. The Kier molecular flexibility index (Phi) is 5.85. The summed E-state index contributed by atoms with van der Waals surface area (Å²) in [5, 5.41) is 3.21. The average Bonchev–Trinajstić information content (AvgIpc) is 3.45. The number of nitrogens with one attached hydrogen (secondary N) is 1. The van der Waals surface area contributed by atoms with E-state index in [1.165, 1.54) is 0 Å². The normalized spacial score (nSPS) is 17.8. The van der Waals surface area contributed by atoms with Gasteiger partial charge in [0.1, 0.15) is 11.6 Å². The lowest BCUT2D eigenvalue weighted by molar-refractivity contribution is -0.129. The molecule has 1 saturated heterocycles. The number of imidazole rings is 1. The molecule has 2 atom stereocenters. The number of carbonyl (C=O) groups excluding carboxylic acids is 2. The highest BCUT2D eigenvalue weighted by Gasteiger charge is 2.36. The predicted molar refractivity (Wildman–Crippen MR) is 118 cm³/mol. The Morgan fingerprint density at radius 2 is 1.97 bits per heavy atom. The molecule has 0 spiro atoms. The van der Waals surface area contributed by atoms with Crippen molar-refractivity contribution in [3.8, 4) is 0 Å². The third-order valence-electron chi connectivity index (χ3n) is 5.89. The second kappa shape index (κ2) is 8.57. The highest BCUT2D eigenvalue weighted by atomic mass is 16.3. The number of aromatic nitrogens is 2. The molecule has 1 aliphatic heterocycles. The first-order valence-electron chi connectivity index (χ1n) is 10.9. The Bertz CT molecular complexity index is 1070. The van der Waals surface area contributed by atoms with E-state index in [-0.39, 0.29) is 42.2 Å². The fourth-order valence-electron chi connectivity index (χ4n) is 4.32. The summed E-state index contributed by atoms with van der Waals surface area (Å²) in [5.41, 5.74) is 1.99. The minimum Gasteiger partial charge on any atom is -0.467 e. The maximum atomic E-state index is 13.2. The molecule has 4 rings (SSSR count). The van der Waals surface area contributed by atoms with E-state index >= 15 is 0 Å². The van der Waals surface area contributed by atoms with Crippen molar-refractivity contribution < 1.29 is 14.0 Å². The summed E-state index contributed by atoms with van der Waals surface area (Å²) in [5.74, 6) is 1.23. The standard InChI is InChI=1S/C24H30N4O3/c1-15(2)22(23-25-19-9-5-6-10-20(19)28(23)16(3)4)26-24(30)17-12-21(29)27(13-17)14-18-8-7-11-31-18/h5-11,15-17,22H,12-14H2,1-4H3,(H,26,30)/t17-,22-/m0/s1. The number of carbonyl (C=O) groups is 2. The molecule has 1 fully saturated rings. The molecule has 1 N–H and O–H groups in total. The van der Waals surface area contributed by atoms with Gasteiger partial charge in [0.05, 0.1) is 35.8 Å². The Hall–Kier alpha value is -3.09. The molecular weight excluding hydrogens is 392 g/mol. The van der Waals surface area contributed by atoms with Crippen LogP contribution in [-0.2, 0) is 16.1 Å². The second-order valence-electron chi connectivity index (χ2n) is 8.91. The Morgan fingerprint density at radius 1 is 1.19 bits per heavy atom. The summed E-state index contributed by atoms with van der Waals surface area (Å²) in [6, 6.07) is 11.7. The number of benzene rings is 1. The number of hydrogen-bond acceptors (Lipinski definition) is 4. The molecule has 3 heterocycles. The number of furan rings is 1. The molecule has 0 radical (unpaired) electrons. The third kappa shape index (κ3) is 4.22. The van der Waals surface area contributed by atoms with Crippen molar-refractivity contribution in [3.63, 3.8) is 0 Å². The van der Waals surface area contributed by atoms with E-state index in [2.05, 4.69) is 43.6 Å². The SMILES string of the molecule is CC(C)[C@H](NC(=O)[C@H]1CC(=O)N(Cc2ccco2)C1)c1nc2ccccc2n1C(C)C. The van der Waals surface area contributed by atoms with Gasteiger partial charge >= 0.3 is 0 Å². The van der Waals surface area contributed by atoms with Crippen molar-refractivity contribution in [2.75, 3.05) is 6.54 Å². The van der Waals surface area contributed by atoms with Crippen LogP contribution in [0, 0.1) is 11.8 Å². The molecule has 2 aromatic heterocycles. The molecule has 164 valence electrons. The first kappa shape index (κ1) is 21.2. The summed E-state index contributed by atoms with van der Waals surface area (Å²) >= 11 is 0. The van der Waals surface area contributed by atoms with Crippen molar-refractivity contribution in [2.45, 2.75) is 52.7 Å². The molecule has 3 aromatic rings. The van der Waals surface area contributed by atoms with Gasteiger partial charge in [-0.3, -0.25) is 9.59 Å². The lowest BCUT2D eigenvalue weighted by atomic mass is 10.0. The van der Waals surface area contributed by atoms with E-state index in [1.54, 1.807) is 17.2 Å². The summed E-state index contributed by atoms with van der Waals surface area (Å²) in [6.45, 7) is 9.21. The van der Waals surface area contributed by atoms with Crippen LogP contribution in [0.3, 0.4) is 0 Å². The van der Waals surface area contributed by atoms with Crippen molar-refractivity contribution in [3.05, 3.63) is 54.2 Å². The van der Waals surface area contributed by atoms with Gasteiger partial charge in [0.25, 0.3) is 0 Å². The van der Waals surface area contributed by atoms with Crippen LogP contribution in [0.1, 0.15) is 57.8 Å². The van der Waals surface area contributed by atoms with Crippen LogP contribution in [0.5, 0.6) is 0 Å². The number of amides is 2. The molecule has 1 aliphatic rings. The van der Waals surface area contributed by atoms with E-state index in [9.17, 15) is 9.59 Å². The first-order chi connectivity index (χ1) is 14.8. The highest BCUT2D eigenvalue weighted by Crippen LogP contribution is 2.30. The molecule has 0 unspecified atom stereocenters. The Morgan fingerprint density at radius 3 is 2.65 bits per heavy atom.